The Morgan fingerprint density at radius 1 is 0.933 bits per heavy atom. The van der Waals surface area contributed by atoms with Gasteiger partial charge in [0.05, 0.1) is 19.0 Å². The molecule has 0 radical (unpaired) electrons. The molecule has 0 bridgehead atoms. The average molecular weight is 397 g/mol. The summed E-state index contributed by atoms with van der Waals surface area (Å²) >= 11 is 0. The number of nitrogens with zero attached hydrogens (tertiary/aromatic N) is 4. The third-order valence-electron chi connectivity index (χ3n) is 4.68. The van der Waals surface area contributed by atoms with Gasteiger partial charge in [-0.3, -0.25) is 0 Å². The summed E-state index contributed by atoms with van der Waals surface area (Å²) in [6.45, 7) is 2.69. The van der Waals surface area contributed by atoms with Crippen LogP contribution in [0.2, 0.25) is 0 Å². The topological polar surface area (TPSA) is 63.2 Å². The Hall–Kier alpha value is -3.93. The zero-order chi connectivity index (χ0) is 20.8. The van der Waals surface area contributed by atoms with Crippen molar-refractivity contribution in [1.82, 2.24) is 15.2 Å². The van der Waals surface area contributed by atoms with Crippen molar-refractivity contribution in [2.75, 3.05) is 17.3 Å². The predicted molar refractivity (Wildman–Crippen MR) is 120 cm³/mol. The zero-order valence-corrected chi connectivity index (χ0v) is 17.0. The number of aromatic nitrogens is 3. The van der Waals surface area contributed by atoms with E-state index >= 15 is 0 Å². The summed E-state index contributed by atoms with van der Waals surface area (Å²) in [5, 5.41) is 11.6. The molecule has 6 heteroatoms. The maximum atomic E-state index is 5.45. The van der Waals surface area contributed by atoms with Gasteiger partial charge < -0.3 is 15.0 Å². The van der Waals surface area contributed by atoms with Gasteiger partial charge in [-0.2, -0.15) is 10.1 Å². The van der Waals surface area contributed by atoms with Crippen LogP contribution in [0.5, 0.6) is 5.75 Å². The fourth-order valence-corrected chi connectivity index (χ4v) is 3.20. The van der Waals surface area contributed by atoms with Crippen LogP contribution in [0.3, 0.4) is 0 Å². The molecule has 4 aromatic rings. The molecule has 0 spiro atoms. The van der Waals surface area contributed by atoms with E-state index in [-0.39, 0.29) is 0 Å². The van der Waals surface area contributed by atoms with E-state index in [2.05, 4.69) is 44.7 Å². The van der Waals surface area contributed by atoms with Crippen molar-refractivity contribution in [2.45, 2.75) is 13.5 Å². The van der Waals surface area contributed by atoms with Crippen molar-refractivity contribution in [3.63, 3.8) is 0 Å². The van der Waals surface area contributed by atoms with E-state index in [1.165, 1.54) is 5.56 Å². The van der Waals surface area contributed by atoms with Gasteiger partial charge in [0.15, 0.2) is 5.82 Å². The number of rotatable bonds is 7. The highest BCUT2D eigenvalue weighted by Gasteiger charge is 2.14. The maximum Gasteiger partial charge on any atom is 0.249 e. The number of hydrogen-bond donors (Lipinski definition) is 1. The maximum absolute atomic E-state index is 5.45. The van der Waals surface area contributed by atoms with Gasteiger partial charge in [-0.05, 0) is 42.3 Å². The van der Waals surface area contributed by atoms with Crippen LogP contribution in [0.4, 0.5) is 23.1 Å². The van der Waals surface area contributed by atoms with Crippen LogP contribution in [-0.4, -0.2) is 22.3 Å². The van der Waals surface area contributed by atoms with Crippen molar-refractivity contribution in [3.05, 3.63) is 96.2 Å². The third-order valence-corrected chi connectivity index (χ3v) is 4.68. The van der Waals surface area contributed by atoms with Crippen molar-refractivity contribution in [1.29, 1.82) is 0 Å². The highest BCUT2D eigenvalue weighted by atomic mass is 16.5. The zero-order valence-electron chi connectivity index (χ0n) is 17.0. The van der Waals surface area contributed by atoms with E-state index in [0.717, 1.165) is 22.7 Å². The van der Waals surface area contributed by atoms with E-state index in [1.54, 1.807) is 13.3 Å². The number of aryl methyl sites for hydroxylation is 1. The van der Waals surface area contributed by atoms with Crippen molar-refractivity contribution in [3.8, 4) is 5.75 Å². The molecule has 1 N–H and O–H groups in total. The quantitative estimate of drug-likeness (QED) is 0.458. The van der Waals surface area contributed by atoms with Crippen LogP contribution in [-0.2, 0) is 6.54 Å². The number of hydrogen-bond acceptors (Lipinski definition) is 6. The first-order chi connectivity index (χ1) is 14.7. The van der Waals surface area contributed by atoms with Gasteiger partial charge in [0, 0.05) is 12.2 Å². The first-order valence-electron chi connectivity index (χ1n) is 9.71. The largest absolute Gasteiger partial charge is 0.495 e. The van der Waals surface area contributed by atoms with Crippen LogP contribution in [0.25, 0.3) is 0 Å². The summed E-state index contributed by atoms with van der Waals surface area (Å²) in [6, 6.07) is 26.3. The predicted octanol–water partition coefficient (Wildman–Crippen LogP) is 5.27. The molecule has 3 aromatic carbocycles. The van der Waals surface area contributed by atoms with E-state index in [0.29, 0.717) is 18.3 Å². The molecule has 0 fully saturated rings. The number of anilines is 4. The fourth-order valence-electron chi connectivity index (χ4n) is 3.20. The molecule has 0 aliphatic heterocycles. The Labute approximate surface area is 176 Å². The van der Waals surface area contributed by atoms with E-state index in [9.17, 15) is 0 Å². The van der Waals surface area contributed by atoms with Gasteiger partial charge in [0.2, 0.25) is 5.95 Å². The minimum atomic E-state index is 0.408. The second kappa shape index (κ2) is 9.05. The van der Waals surface area contributed by atoms with Crippen LogP contribution < -0.4 is 15.0 Å². The minimum Gasteiger partial charge on any atom is -0.495 e. The number of methoxy groups -OCH3 is 1. The van der Waals surface area contributed by atoms with E-state index in [1.807, 2.05) is 61.5 Å². The molecular weight excluding hydrogens is 374 g/mol. The van der Waals surface area contributed by atoms with Crippen LogP contribution in [0, 0.1) is 6.92 Å². The van der Waals surface area contributed by atoms with Gasteiger partial charge in [-0.15, -0.1) is 5.10 Å². The molecule has 0 saturated heterocycles. The lowest BCUT2D eigenvalue weighted by molar-refractivity contribution is 0.416. The molecule has 1 aromatic heterocycles. The van der Waals surface area contributed by atoms with Crippen molar-refractivity contribution < 1.29 is 4.74 Å². The number of para-hydroxylation sites is 1. The smallest absolute Gasteiger partial charge is 0.249 e. The molecule has 0 aliphatic rings. The second-order valence-corrected chi connectivity index (χ2v) is 6.87. The molecule has 150 valence electrons. The van der Waals surface area contributed by atoms with Crippen LogP contribution in [0.1, 0.15) is 11.1 Å². The van der Waals surface area contributed by atoms with Crippen LogP contribution >= 0.6 is 0 Å². The molecule has 6 nitrogen and oxygen atoms in total. The Morgan fingerprint density at radius 2 is 1.67 bits per heavy atom. The van der Waals surface area contributed by atoms with Gasteiger partial charge >= 0.3 is 0 Å². The molecule has 0 unspecified atom stereocenters. The highest BCUT2D eigenvalue weighted by Crippen LogP contribution is 2.29. The molecule has 0 saturated carbocycles. The normalized spacial score (nSPS) is 10.5. The first kappa shape index (κ1) is 19.4. The summed E-state index contributed by atoms with van der Waals surface area (Å²) in [5.74, 6) is 1.83. The average Bonchev–Trinajstić information content (AvgIpc) is 2.79. The van der Waals surface area contributed by atoms with Gasteiger partial charge in [-0.1, -0.05) is 54.6 Å². The Balaban J connectivity index is 1.68. The first-order valence-corrected chi connectivity index (χ1v) is 9.71. The molecule has 0 atom stereocenters. The van der Waals surface area contributed by atoms with Crippen molar-refractivity contribution >= 4 is 23.1 Å². The molecule has 30 heavy (non-hydrogen) atoms. The fraction of sp³-hybridized carbons (Fsp3) is 0.125. The Kier molecular flexibility index (Phi) is 5.85. The lowest BCUT2D eigenvalue weighted by atomic mass is 10.2. The second-order valence-electron chi connectivity index (χ2n) is 6.87. The number of nitrogens with one attached hydrogen (secondary N) is 1. The molecule has 1 heterocycles. The minimum absolute atomic E-state index is 0.408. The van der Waals surface area contributed by atoms with Gasteiger partial charge in [-0.25, -0.2) is 0 Å². The summed E-state index contributed by atoms with van der Waals surface area (Å²) in [4.78, 5) is 6.85. The number of benzene rings is 3. The molecule has 0 amide bonds. The Morgan fingerprint density at radius 3 is 2.40 bits per heavy atom. The SMILES string of the molecule is COc1ccc(C)cc1Nc1nncc(N(Cc2ccccc2)c2ccccc2)n1. The lowest BCUT2D eigenvalue weighted by Gasteiger charge is -2.24. The van der Waals surface area contributed by atoms with Crippen molar-refractivity contribution in [2.24, 2.45) is 0 Å². The highest BCUT2D eigenvalue weighted by molar-refractivity contribution is 5.65. The summed E-state index contributed by atoms with van der Waals surface area (Å²) < 4.78 is 5.45. The molecular formula is C24H23N5O. The third kappa shape index (κ3) is 4.55. The van der Waals surface area contributed by atoms with Crippen LogP contribution in [0.15, 0.2) is 85.1 Å². The van der Waals surface area contributed by atoms with E-state index in [4.69, 9.17) is 9.72 Å². The lowest BCUT2D eigenvalue weighted by Crippen LogP contribution is -2.18. The van der Waals surface area contributed by atoms with E-state index < -0.39 is 0 Å². The standard InChI is InChI=1S/C24H23N5O/c1-18-13-14-22(30-2)21(15-18)26-24-27-23(16-25-28-24)29(20-11-7-4-8-12-20)17-19-9-5-3-6-10-19/h3-16H,17H2,1-2H3,(H,26,27,28). The monoisotopic (exact) mass is 397 g/mol. The molecule has 4 rings (SSSR count). The Bertz CT molecular complexity index is 1100. The van der Waals surface area contributed by atoms with Gasteiger partial charge in [0.25, 0.3) is 0 Å². The summed E-state index contributed by atoms with van der Waals surface area (Å²) in [6.07, 6.45) is 1.68. The summed E-state index contributed by atoms with van der Waals surface area (Å²) in [7, 11) is 1.64. The summed E-state index contributed by atoms with van der Waals surface area (Å²) in [5.41, 5.74) is 4.11. The number of ether oxygens (including phenoxy) is 1. The molecule has 0 aliphatic carbocycles. The van der Waals surface area contributed by atoms with Gasteiger partial charge in [0.1, 0.15) is 5.75 Å².